The molecule has 0 aliphatic rings. The normalized spacial score (nSPS) is 9.27. The lowest BCUT2D eigenvalue weighted by Crippen LogP contribution is -1.77. The van der Waals surface area contributed by atoms with Crippen LogP contribution in [0.15, 0.2) is 0 Å². The van der Waals surface area contributed by atoms with Crippen molar-refractivity contribution in [3.05, 3.63) is 0 Å². The Morgan fingerprint density at radius 1 is 0.545 bits per heavy atom. The van der Waals surface area contributed by atoms with Gasteiger partial charge >= 0.3 is 0 Å². The molecule has 0 fully saturated rings. The first-order valence-electron chi connectivity index (χ1n) is 4.91. The summed E-state index contributed by atoms with van der Waals surface area (Å²) >= 11 is 0. The summed E-state index contributed by atoms with van der Waals surface area (Å²) < 4.78 is 0. The van der Waals surface area contributed by atoms with Gasteiger partial charge in [-0.3, -0.25) is 0 Å². The Morgan fingerprint density at radius 3 is 1.09 bits per heavy atom. The van der Waals surface area contributed by atoms with E-state index in [0.29, 0.717) is 0 Å². The molecule has 0 spiro atoms. The van der Waals surface area contributed by atoms with E-state index >= 15 is 0 Å². The molecule has 0 saturated heterocycles. The largest absolute Gasteiger partial charge is 0.0654 e. The average molecular weight is 174 g/mol. The van der Waals surface area contributed by atoms with E-state index in [1.807, 2.05) is 0 Å². The monoisotopic (exact) mass is 174 g/mol. The number of hydrogen-bond acceptors (Lipinski definition) is 0. The summed E-state index contributed by atoms with van der Waals surface area (Å²) in [5.41, 5.74) is 0. The van der Waals surface area contributed by atoms with Gasteiger partial charge in [-0.15, -0.1) is 0 Å². The lowest BCUT2D eigenvalue weighted by molar-refractivity contribution is 0.585. The van der Waals surface area contributed by atoms with Crippen LogP contribution in [-0.4, -0.2) is 11.0 Å². The summed E-state index contributed by atoms with van der Waals surface area (Å²) in [5.74, 6) is 0. The smallest absolute Gasteiger partial charge is 0.0149 e. The van der Waals surface area contributed by atoms with Crippen molar-refractivity contribution in [1.82, 2.24) is 0 Å². The van der Waals surface area contributed by atoms with Crippen LogP contribution in [0, 0.1) is 0 Å². The molecule has 11 heavy (non-hydrogen) atoms. The summed E-state index contributed by atoms with van der Waals surface area (Å²) in [6.45, 7) is 4.54. The molecule has 0 N–H and O–H groups in total. The molecule has 0 aromatic carbocycles. The van der Waals surface area contributed by atoms with Crippen molar-refractivity contribution in [2.75, 3.05) is 0 Å². The third-order valence-electron chi connectivity index (χ3n) is 1.96. The lowest BCUT2D eigenvalue weighted by atomic mass is 10.1. The third kappa shape index (κ3) is 13.2. The van der Waals surface area contributed by atoms with E-state index in [1.54, 1.807) is 0 Å². The predicted octanol–water partition coefficient (Wildman–Crippen LogP) is 2.70. The quantitative estimate of drug-likeness (QED) is 0.411. The Hall–Kier alpha value is 0.217. The highest BCUT2D eigenvalue weighted by Gasteiger charge is 1.87. The van der Waals surface area contributed by atoms with Crippen LogP contribution >= 0.6 is 0 Å². The fourth-order valence-electron chi connectivity index (χ4n) is 1.21. The van der Waals surface area contributed by atoms with Gasteiger partial charge in [-0.05, 0) is 11.0 Å². The SMILES string of the molecule is CCCCCCCCCC.[SiH4]. The number of hydrogen-bond donors (Lipinski definition) is 0. The van der Waals surface area contributed by atoms with Crippen molar-refractivity contribution in [1.29, 1.82) is 0 Å². The minimum absolute atomic E-state index is 0. The molecule has 0 rings (SSSR count). The van der Waals surface area contributed by atoms with Gasteiger partial charge in [0.25, 0.3) is 0 Å². The van der Waals surface area contributed by atoms with E-state index < -0.39 is 0 Å². The highest BCUT2D eigenvalue weighted by molar-refractivity contribution is 5.75. The molecule has 0 atom stereocenters. The van der Waals surface area contributed by atoms with Crippen molar-refractivity contribution in [2.45, 2.75) is 65.2 Å². The fourth-order valence-corrected chi connectivity index (χ4v) is 1.21. The molecule has 0 saturated carbocycles. The molecule has 0 amide bonds. The molecule has 0 aliphatic heterocycles. The second-order valence-corrected chi connectivity index (χ2v) is 3.12. The fraction of sp³-hybridized carbons (Fsp3) is 1.00. The van der Waals surface area contributed by atoms with Gasteiger partial charge in [0, 0.05) is 0 Å². The van der Waals surface area contributed by atoms with Gasteiger partial charge < -0.3 is 0 Å². The van der Waals surface area contributed by atoms with Crippen LogP contribution in [0.5, 0.6) is 0 Å². The first-order chi connectivity index (χ1) is 4.91. The maximum atomic E-state index is 2.27. The topological polar surface area (TPSA) is 0 Å². The zero-order valence-corrected chi connectivity index (χ0v) is 7.66. The Bertz CT molecular complexity index is 44.8. The van der Waals surface area contributed by atoms with Crippen molar-refractivity contribution in [2.24, 2.45) is 0 Å². The van der Waals surface area contributed by atoms with E-state index in [4.69, 9.17) is 0 Å². The van der Waals surface area contributed by atoms with Crippen molar-refractivity contribution < 1.29 is 0 Å². The van der Waals surface area contributed by atoms with E-state index in [2.05, 4.69) is 13.8 Å². The van der Waals surface area contributed by atoms with E-state index in [9.17, 15) is 0 Å². The maximum absolute atomic E-state index is 2.27. The summed E-state index contributed by atoms with van der Waals surface area (Å²) in [7, 11) is 0. The summed E-state index contributed by atoms with van der Waals surface area (Å²) in [6.07, 6.45) is 11.5. The molecule has 0 aromatic heterocycles. The second kappa shape index (κ2) is 12.9. The zero-order chi connectivity index (χ0) is 7.66. The predicted molar refractivity (Wildman–Crippen MR) is 59.6 cm³/mol. The van der Waals surface area contributed by atoms with Crippen LogP contribution in [-0.2, 0) is 0 Å². The zero-order valence-electron chi connectivity index (χ0n) is 7.66. The molecule has 1 heteroatoms. The average Bonchev–Trinajstić information content (AvgIpc) is 1.97. The maximum Gasteiger partial charge on any atom is -0.0149 e. The van der Waals surface area contributed by atoms with Gasteiger partial charge in [0.15, 0.2) is 0 Å². The molecule has 0 unspecified atom stereocenters. The van der Waals surface area contributed by atoms with Crippen LogP contribution in [0.25, 0.3) is 0 Å². The van der Waals surface area contributed by atoms with Gasteiger partial charge in [-0.2, -0.15) is 0 Å². The minimum Gasteiger partial charge on any atom is -0.0654 e. The molecule has 0 heterocycles. The minimum atomic E-state index is 0. The van der Waals surface area contributed by atoms with Gasteiger partial charge in [0.2, 0.25) is 0 Å². The molecular formula is C10H26Si. The standard InChI is InChI=1S/C10H22.H4Si/c1-3-5-7-9-10-8-6-4-2;/h3-10H2,1-2H3;1H4. The van der Waals surface area contributed by atoms with Crippen molar-refractivity contribution in [3.8, 4) is 0 Å². The summed E-state index contributed by atoms with van der Waals surface area (Å²) in [4.78, 5) is 0. The molecule has 70 valence electrons. The number of rotatable bonds is 7. The molecular weight excluding hydrogens is 148 g/mol. The lowest BCUT2D eigenvalue weighted by Gasteiger charge is -1.97. The van der Waals surface area contributed by atoms with Crippen LogP contribution in [0.1, 0.15) is 65.2 Å². The first-order valence-corrected chi connectivity index (χ1v) is 4.91. The second-order valence-electron chi connectivity index (χ2n) is 3.12. The first kappa shape index (κ1) is 13.8. The van der Waals surface area contributed by atoms with Crippen LogP contribution in [0.3, 0.4) is 0 Å². The van der Waals surface area contributed by atoms with Crippen LogP contribution in [0.4, 0.5) is 0 Å². The van der Waals surface area contributed by atoms with E-state index in [0.717, 1.165) is 0 Å². The summed E-state index contributed by atoms with van der Waals surface area (Å²) in [6, 6.07) is 0. The van der Waals surface area contributed by atoms with Crippen LogP contribution < -0.4 is 0 Å². The van der Waals surface area contributed by atoms with Gasteiger partial charge in [-0.25, -0.2) is 0 Å². The Kier molecular flexibility index (Phi) is 16.1. The highest BCUT2D eigenvalue weighted by Crippen LogP contribution is 2.07. The van der Waals surface area contributed by atoms with Gasteiger partial charge in [-0.1, -0.05) is 65.2 Å². The number of unbranched alkanes of at least 4 members (excludes halogenated alkanes) is 7. The van der Waals surface area contributed by atoms with E-state index in [-0.39, 0.29) is 11.0 Å². The van der Waals surface area contributed by atoms with Crippen molar-refractivity contribution >= 4 is 11.0 Å². The summed E-state index contributed by atoms with van der Waals surface area (Å²) in [5, 5.41) is 0. The Labute approximate surface area is 76.8 Å². The molecule has 0 aliphatic carbocycles. The molecule has 0 aromatic rings. The van der Waals surface area contributed by atoms with Crippen molar-refractivity contribution in [3.63, 3.8) is 0 Å². The molecule has 0 bridgehead atoms. The third-order valence-corrected chi connectivity index (χ3v) is 1.96. The van der Waals surface area contributed by atoms with Gasteiger partial charge in [0.05, 0.1) is 0 Å². The Balaban J connectivity index is 0. The Morgan fingerprint density at radius 2 is 0.818 bits per heavy atom. The highest BCUT2D eigenvalue weighted by atomic mass is 28.1. The molecule has 0 nitrogen and oxygen atoms in total. The molecule has 0 radical (unpaired) electrons. The van der Waals surface area contributed by atoms with Crippen LogP contribution in [0.2, 0.25) is 0 Å². The van der Waals surface area contributed by atoms with Gasteiger partial charge in [0.1, 0.15) is 0 Å². The van der Waals surface area contributed by atoms with E-state index in [1.165, 1.54) is 51.4 Å².